The number of rotatable bonds is 5. The molecule has 1 aromatic rings. The van der Waals surface area contributed by atoms with Gasteiger partial charge in [-0.05, 0) is 62.6 Å². The number of carbonyl (C=O) groups is 3. The van der Waals surface area contributed by atoms with E-state index < -0.39 is 23.8 Å². The summed E-state index contributed by atoms with van der Waals surface area (Å²) in [7, 11) is 5.23. The molecule has 1 saturated carbocycles. The Morgan fingerprint density at radius 2 is 1.71 bits per heavy atom. The number of nitrogens with one attached hydrogen (secondary N) is 1. The molecule has 3 atom stereocenters. The summed E-state index contributed by atoms with van der Waals surface area (Å²) in [6.07, 6.45) is 5.41. The van der Waals surface area contributed by atoms with Crippen molar-refractivity contribution in [3.05, 3.63) is 52.4 Å². The number of hydrogen-bond acceptors (Lipinski definition) is 7. The van der Waals surface area contributed by atoms with Crippen molar-refractivity contribution in [3.8, 4) is 0 Å². The van der Waals surface area contributed by atoms with E-state index in [0.717, 1.165) is 49.1 Å². The zero-order valence-corrected chi connectivity index (χ0v) is 21.3. The molecule has 0 saturated heterocycles. The summed E-state index contributed by atoms with van der Waals surface area (Å²) < 4.78 is 11.0. The van der Waals surface area contributed by atoms with Crippen molar-refractivity contribution in [2.75, 3.05) is 26.1 Å². The van der Waals surface area contributed by atoms with Crippen LogP contribution in [0, 0.1) is 11.8 Å². The van der Waals surface area contributed by atoms with Crippen LogP contribution in [0.4, 0.5) is 5.69 Å². The van der Waals surface area contributed by atoms with Crippen LogP contribution in [0.3, 0.4) is 0 Å². The lowest BCUT2D eigenvalue weighted by atomic mass is 9.69. The van der Waals surface area contributed by atoms with E-state index in [1.165, 1.54) is 7.11 Å². The molecule has 0 aromatic heterocycles. The van der Waals surface area contributed by atoms with Gasteiger partial charge in [0, 0.05) is 42.7 Å². The van der Waals surface area contributed by atoms with Crippen LogP contribution in [0.25, 0.3) is 0 Å². The molecule has 1 aromatic carbocycles. The molecule has 2 aliphatic carbocycles. The third kappa shape index (κ3) is 4.86. The van der Waals surface area contributed by atoms with Gasteiger partial charge in [0.15, 0.2) is 5.78 Å². The minimum absolute atomic E-state index is 0.103. The lowest BCUT2D eigenvalue weighted by Crippen LogP contribution is -2.43. The Morgan fingerprint density at radius 3 is 2.31 bits per heavy atom. The summed E-state index contributed by atoms with van der Waals surface area (Å²) in [6.45, 7) is 3.75. The van der Waals surface area contributed by atoms with Gasteiger partial charge in [-0.3, -0.25) is 9.59 Å². The maximum absolute atomic E-state index is 13.8. The van der Waals surface area contributed by atoms with Gasteiger partial charge < -0.3 is 19.7 Å². The highest BCUT2D eigenvalue weighted by atomic mass is 16.5. The van der Waals surface area contributed by atoms with Crippen LogP contribution in [-0.2, 0) is 23.9 Å². The minimum Gasteiger partial charge on any atom is -0.468 e. The third-order valence-corrected chi connectivity index (χ3v) is 7.53. The van der Waals surface area contributed by atoms with E-state index in [1.54, 1.807) is 0 Å². The standard InChI is InChI=1S/C28H36N2O5/c1-16-15-21-25(26(31)22(16)27(32)34-5)24(18-11-13-19(14-12-18)30(3)4)23(17(2)29-21)28(33)35-20-9-7-6-8-10-20/h11-14,16,20,22,24,29H,6-10,15H2,1-5H3/t16-,22-,24+/m1/s1. The Kier molecular flexibility index (Phi) is 7.33. The van der Waals surface area contributed by atoms with E-state index in [0.29, 0.717) is 23.3 Å². The molecule has 1 fully saturated rings. The molecule has 4 rings (SSSR count). The van der Waals surface area contributed by atoms with Crippen molar-refractivity contribution in [1.82, 2.24) is 5.32 Å². The third-order valence-electron chi connectivity index (χ3n) is 7.53. The van der Waals surface area contributed by atoms with Crippen LogP contribution in [0.2, 0.25) is 0 Å². The molecule has 7 nitrogen and oxygen atoms in total. The maximum atomic E-state index is 13.8. The van der Waals surface area contributed by atoms with E-state index in [-0.39, 0.29) is 17.8 Å². The summed E-state index contributed by atoms with van der Waals surface area (Å²) in [4.78, 5) is 42.0. The SMILES string of the molecule is COC(=O)[C@H]1C(=O)C2=C(C[C@H]1C)NC(C)=C(C(=O)OC1CCCCC1)[C@@H]2c1ccc(N(C)C)cc1. The van der Waals surface area contributed by atoms with Crippen molar-refractivity contribution in [1.29, 1.82) is 0 Å². The first kappa shape index (κ1) is 25.0. The predicted octanol–water partition coefficient (Wildman–Crippen LogP) is 4.24. The van der Waals surface area contributed by atoms with Gasteiger partial charge in [-0.25, -0.2) is 4.79 Å². The summed E-state index contributed by atoms with van der Waals surface area (Å²) in [5.74, 6) is -2.91. The molecule has 1 aliphatic heterocycles. The van der Waals surface area contributed by atoms with Gasteiger partial charge in [-0.1, -0.05) is 25.5 Å². The number of Topliss-reactive ketones (excluding diaryl/α,β-unsaturated/α-hetero) is 1. The number of methoxy groups -OCH3 is 1. The summed E-state index contributed by atoms with van der Waals surface area (Å²) in [6, 6.07) is 7.86. The molecular weight excluding hydrogens is 444 g/mol. The van der Waals surface area contributed by atoms with Crippen molar-refractivity contribution in [2.24, 2.45) is 11.8 Å². The fraction of sp³-hybridized carbons (Fsp3) is 0.536. The van der Waals surface area contributed by atoms with Gasteiger partial charge in [0.25, 0.3) is 0 Å². The normalized spacial score (nSPS) is 25.1. The Morgan fingerprint density at radius 1 is 1.06 bits per heavy atom. The summed E-state index contributed by atoms with van der Waals surface area (Å²) in [5.41, 5.74) is 4.22. The van der Waals surface area contributed by atoms with Gasteiger partial charge >= 0.3 is 11.9 Å². The quantitative estimate of drug-likeness (QED) is 0.498. The monoisotopic (exact) mass is 480 g/mol. The number of ether oxygens (including phenoxy) is 2. The molecule has 188 valence electrons. The molecule has 0 unspecified atom stereocenters. The number of carbonyl (C=O) groups excluding carboxylic acids is 3. The van der Waals surface area contributed by atoms with Gasteiger partial charge in [-0.15, -0.1) is 0 Å². The van der Waals surface area contributed by atoms with Crippen LogP contribution >= 0.6 is 0 Å². The van der Waals surface area contributed by atoms with Gasteiger partial charge in [0.1, 0.15) is 12.0 Å². The zero-order valence-electron chi connectivity index (χ0n) is 21.3. The van der Waals surface area contributed by atoms with Crippen molar-refractivity contribution < 1.29 is 23.9 Å². The number of allylic oxidation sites excluding steroid dienone is 3. The fourth-order valence-electron chi connectivity index (χ4n) is 5.65. The van der Waals surface area contributed by atoms with E-state index in [2.05, 4.69) is 5.32 Å². The van der Waals surface area contributed by atoms with Crippen LogP contribution in [0.1, 0.15) is 63.9 Å². The Bertz CT molecular complexity index is 1060. The number of ketones is 1. The van der Waals surface area contributed by atoms with E-state index in [1.807, 2.05) is 57.1 Å². The topological polar surface area (TPSA) is 84.9 Å². The number of benzene rings is 1. The largest absolute Gasteiger partial charge is 0.468 e. The number of esters is 2. The van der Waals surface area contributed by atoms with Gasteiger partial charge in [-0.2, -0.15) is 0 Å². The average molecular weight is 481 g/mol. The average Bonchev–Trinajstić information content (AvgIpc) is 2.83. The molecule has 1 heterocycles. The second-order valence-electron chi connectivity index (χ2n) is 10.2. The number of hydrogen-bond donors (Lipinski definition) is 1. The van der Waals surface area contributed by atoms with Crippen molar-refractivity contribution in [2.45, 2.75) is 64.4 Å². The Labute approximate surface area is 207 Å². The molecule has 1 N–H and O–H groups in total. The first-order valence-corrected chi connectivity index (χ1v) is 12.5. The highest BCUT2D eigenvalue weighted by molar-refractivity contribution is 6.12. The number of dihydropyridines is 1. The first-order chi connectivity index (χ1) is 16.7. The molecular formula is C28H36N2O5. The molecule has 0 amide bonds. The van der Waals surface area contributed by atoms with E-state index in [9.17, 15) is 14.4 Å². The Balaban J connectivity index is 1.78. The van der Waals surface area contributed by atoms with Crippen molar-refractivity contribution >= 4 is 23.4 Å². The first-order valence-electron chi connectivity index (χ1n) is 12.5. The maximum Gasteiger partial charge on any atom is 0.337 e. The number of anilines is 1. The molecule has 0 spiro atoms. The second-order valence-corrected chi connectivity index (χ2v) is 10.2. The minimum atomic E-state index is -0.891. The van der Waals surface area contributed by atoms with Crippen LogP contribution < -0.4 is 10.2 Å². The summed E-state index contributed by atoms with van der Waals surface area (Å²) in [5, 5.41) is 3.33. The Hall–Kier alpha value is -3.09. The fourth-order valence-corrected chi connectivity index (χ4v) is 5.65. The lowest BCUT2D eigenvalue weighted by molar-refractivity contribution is -0.151. The van der Waals surface area contributed by atoms with Gasteiger partial charge in [0.05, 0.1) is 12.7 Å². The molecule has 0 radical (unpaired) electrons. The zero-order chi connectivity index (χ0) is 25.3. The second kappa shape index (κ2) is 10.3. The van der Waals surface area contributed by atoms with E-state index >= 15 is 0 Å². The smallest absolute Gasteiger partial charge is 0.337 e. The molecule has 7 heteroatoms. The highest BCUT2D eigenvalue weighted by Gasteiger charge is 2.47. The van der Waals surface area contributed by atoms with Crippen LogP contribution in [0.5, 0.6) is 0 Å². The van der Waals surface area contributed by atoms with E-state index in [4.69, 9.17) is 9.47 Å². The lowest BCUT2D eigenvalue weighted by Gasteiger charge is -2.38. The van der Waals surface area contributed by atoms with Crippen LogP contribution in [0.15, 0.2) is 46.8 Å². The molecule has 3 aliphatic rings. The predicted molar refractivity (Wildman–Crippen MR) is 134 cm³/mol. The van der Waals surface area contributed by atoms with Gasteiger partial charge in [0.2, 0.25) is 0 Å². The van der Waals surface area contributed by atoms with Crippen molar-refractivity contribution in [3.63, 3.8) is 0 Å². The summed E-state index contributed by atoms with van der Waals surface area (Å²) >= 11 is 0. The number of nitrogens with zero attached hydrogens (tertiary/aromatic N) is 1. The molecule has 35 heavy (non-hydrogen) atoms. The molecule has 0 bridgehead atoms. The highest BCUT2D eigenvalue weighted by Crippen LogP contribution is 2.46. The van der Waals surface area contributed by atoms with Crippen LogP contribution in [-0.4, -0.2) is 45.0 Å².